The van der Waals surface area contributed by atoms with Crippen molar-refractivity contribution in [1.82, 2.24) is 4.90 Å². The van der Waals surface area contributed by atoms with Crippen LogP contribution in [0.15, 0.2) is 64.6 Å². The van der Waals surface area contributed by atoms with Gasteiger partial charge in [-0.05, 0) is 30.2 Å². The molecule has 0 amide bonds. The van der Waals surface area contributed by atoms with Crippen LogP contribution in [0.25, 0.3) is 0 Å². The highest BCUT2D eigenvalue weighted by Gasteiger charge is 2.20. The normalized spacial score (nSPS) is 20.8. The maximum Gasteiger partial charge on any atom is 0.337 e. The van der Waals surface area contributed by atoms with Gasteiger partial charge < -0.3 is 10.0 Å². The number of hydrogen-bond acceptors (Lipinski definition) is 3. The highest BCUT2D eigenvalue weighted by Crippen LogP contribution is 2.27. The lowest BCUT2D eigenvalue weighted by Gasteiger charge is -2.26. The summed E-state index contributed by atoms with van der Waals surface area (Å²) in [7, 11) is 0. The zero-order valence-corrected chi connectivity index (χ0v) is 9.00. The number of carboxylic acids is 1. The molecular formula is C13H10N2O2. The molecule has 17 heavy (non-hydrogen) atoms. The quantitative estimate of drug-likeness (QED) is 0.743. The Hall–Kier alpha value is -2.36. The van der Waals surface area contributed by atoms with E-state index in [2.05, 4.69) is 11.1 Å². The molecule has 4 heteroatoms. The first-order valence-corrected chi connectivity index (χ1v) is 5.32. The van der Waals surface area contributed by atoms with Gasteiger partial charge >= 0.3 is 5.97 Å². The largest absolute Gasteiger partial charge is 0.478 e. The SMILES string of the molecule is O=C(O)C1=CN2C=C3CC=CC=C3N=C2C=C1. The van der Waals surface area contributed by atoms with Gasteiger partial charge in [0.15, 0.2) is 0 Å². The van der Waals surface area contributed by atoms with Crippen molar-refractivity contribution in [2.75, 3.05) is 0 Å². The van der Waals surface area contributed by atoms with Gasteiger partial charge in [0.2, 0.25) is 0 Å². The van der Waals surface area contributed by atoms with E-state index in [1.807, 2.05) is 18.4 Å². The van der Waals surface area contributed by atoms with Gasteiger partial charge in [-0.2, -0.15) is 0 Å². The fraction of sp³-hybridized carbons (Fsp3) is 0.0769. The summed E-state index contributed by atoms with van der Waals surface area (Å²) in [4.78, 5) is 17.1. The number of carbonyl (C=O) groups is 1. The molecule has 0 fully saturated rings. The fourth-order valence-corrected chi connectivity index (χ4v) is 1.92. The summed E-state index contributed by atoms with van der Waals surface area (Å²) >= 11 is 0. The molecule has 1 N–H and O–H groups in total. The Labute approximate surface area is 98.3 Å². The molecule has 3 aliphatic rings. The summed E-state index contributed by atoms with van der Waals surface area (Å²) in [6.07, 6.45) is 13.6. The van der Waals surface area contributed by atoms with Gasteiger partial charge in [-0.15, -0.1) is 0 Å². The number of aliphatic imine (C=N–C) groups is 1. The van der Waals surface area contributed by atoms with Crippen molar-refractivity contribution < 1.29 is 9.90 Å². The van der Waals surface area contributed by atoms with Crippen LogP contribution in [0.4, 0.5) is 0 Å². The molecule has 0 radical (unpaired) electrons. The standard InChI is InChI=1S/C13H10N2O2/c16-13(17)10-5-6-12-14-11-4-2-1-3-9(11)7-15(12)8-10/h1-2,4-8H,3H2,(H,16,17). The molecule has 0 aromatic heterocycles. The number of aliphatic carboxylic acids is 1. The summed E-state index contributed by atoms with van der Waals surface area (Å²) in [6, 6.07) is 0. The lowest BCUT2D eigenvalue weighted by Crippen LogP contribution is -2.26. The molecule has 2 heterocycles. The predicted octanol–water partition coefficient (Wildman–Crippen LogP) is 1.97. The lowest BCUT2D eigenvalue weighted by atomic mass is 10.0. The number of rotatable bonds is 1. The van der Waals surface area contributed by atoms with E-state index in [1.165, 1.54) is 0 Å². The van der Waals surface area contributed by atoms with E-state index in [0.717, 1.165) is 23.5 Å². The van der Waals surface area contributed by atoms with Gasteiger partial charge in [-0.1, -0.05) is 12.2 Å². The minimum Gasteiger partial charge on any atom is -0.478 e. The predicted molar refractivity (Wildman–Crippen MR) is 64.1 cm³/mol. The van der Waals surface area contributed by atoms with Crippen molar-refractivity contribution in [2.45, 2.75) is 6.42 Å². The van der Waals surface area contributed by atoms with Gasteiger partial charge in [-0.3, -0.25) is 0 Å². The zero-order chi connectivity index (χ0) is 11.8. The topological polar surface area (TPSA) is 52.9 Å². The number of allylic oxidation sites excluding steroid dienone is 4. The first-order valence-electron chi connectivity index (χ1n) is 5.32. The molecule has 0 aromatic rings. The summed E-state index contributed by atoms with van der Waals surface area (Å²) < 4.78 is 0. The summed E-state index contributed by atoms with van der Waals surface area (Å²) in [5.74, 6) is -0.177. The van der Waals surface area contributed by atoms with Crippen molar-refractivity contribution in [3.8, 4) is 0 Å². The minimum atomic E-state index is -0.927. The van der Waals surface area contributed by atoms with Crippen molar-refractivity contribution in [3.05, 3.63) is 59.6 Å². The van der Waals surface area contributed by atoms with Gasteiger partial charge in [0.05, 0.1) is 11.3 Å². The van der Waals surface area contributed by atoms with E-state index in [-0.39, 0.29) is 5.57 Å². The van der Waals surface area contributed by atoms with Crippen LogP contribution in [-0.4, -0.2) is 21.8 Å². The maximum absolute atomic E-state index is 10.9. The van der Waals surface area contributed by atoms with Crippen LogP contribution >= 0.6 is 0 Å². The molecule has 4 nitrogen and oxygen atoms in total. The molecule has 0 bridgehead atoms. The first kappa shape index (κ1) is 9.84. The monoisotopic (exact) mass is 226 g/mol. The third-order valence-electron chi connectivity index (χ3n) is 2.79. The van der Waals surface area contributed by atoms with Crippen LogP contribution in [0.1, 0.15) is 6.42 Å². The number of fused-ring (bicyclic) bond motifs is 2. The Morgan fingerprint density at radius 1 is 1.35 bits per heavy atom. The average molecular weight is 226 g/mol. The number of amidine groups is 1. The molecule has 1 aliphatic carbocycles. The van der Waals surface area contributed by atoms with E-state index in [0.29, 0.717) is 0 Å². The van der Waals surface area contributed by atoms with Crippen LogP contribution in [-0.2, 0) is 4.79 Å². The number of carboxylic acid groups (broad SMARTS) is 1. The van der Waals surface area contributed by atoms with E-state index in [9.17, 15) is 4.79 Å². The summed E-state index contributed by atoms with van der Waals surface area (Å²) in [5, 5.41) is 8.93. The average Bonchev–Trinajstić information content (AvgIpc) is 2.35. The highest BCUT2D eigenvalue weighted by molar-refractivity contribution is 6.02. The van der Waals surface area contributed by atoms with Gasteiger partial charge in [0, 0.05) is 12.4 Å². The molecule has 0 spiro atoms. The molecule has 3 rings (SSSR count). The van der Waals surface area contributed by atoms with Gasteiger partial charge in [0.25, 0.3) is 0 Å². The van der Waals surface area contributed by atoms with Crippen LogP contribution in [0, 0.1) is 0 Å². The van der Waals surface area contributed by atoms with Crippen molar-refractivity contribution >= 4 is 11.8 Å². The summed E-state index contributed by atoms with van der Waals surface area (Å²) in [5.41, 5.74) is 2.32. The van der Waals surface area contributed by atoms with Gasteiger partial charge in [-0.25, -0.2) is 9.79 Å². The van der Waals surface area contributed by atoms with Crippen LogP contribution in [0.2, 0.25) is 0 Å². The molecule has 0 unspecified atom stereocenters. The van der Waals surface area contributed by atoms with Crippen LogP contribution in [0.3, 0.4) is 0 Å². The molecule has 0 saturated carbocycles. The zero-order valence-electron chi connectivity index (χ0n) is 9.00. The second kappa shape index (κ2) is 3.59. The van der Waals surface area contributed by atoms with E-state index < -0.39 is 5.97 Å². The molecule has 84 valence electrons. The first-order chi connectivity index (χ1) is 8.24. The Bertz CT molecular complexity index is 574. The van der Waals surface area contributed by atoms with Crippen LogP contribution < -0.4 is 0 Å². The van der Waals surface area contributed by atoms with E-state index in [1.54, 1.807) is 23.3 Å². The Morgan fingerprint density at radius 3 is 3.06 bits per heavy atom. The van der Waals surface area contributed by atoms with Crippen molar-refractivity contribution in [1.29, 1.82) is 0 Å². The Kier molecular flexibility index (Phi) is 2.08. The molecule has 2 aliphatic heterocycles. The molecule has 0 atom stereocenters. The Morgan fingerprint density at radius 2 is 2.24 bits per heavy atom. The second-order valence-electron chi connectivity index (χ2n) is 3.94. The smallest absolute Gasteiger partial charge is 0.337 e. The molecule has 0 aromatic carbocycles. The maximum atomic E-state index is 10.9. The van der Waals surface area contributed by atoms with Crippen molar-refractivity contribution in [2.24, 2.45) is 4.99 Å². The fourth-order valence-electron chi connectivity index (χ4n) is 1.92. The third-order valence-corrected chi connectivity index (χ3v) is 2.79. The molecule has 0 saturated heterocycles. The van der Waals surface area contributed by atoms with E-state index in [4.69, 9.17) is 5.11 Å². The number of hydrogen-bond donors (Lipinski definition) is 1. The second-order valence-corrected chi connectivity index (χ2v) is 3.94. The summed E-state index contributed by atoms with van der Waals surface area (Å²) in [6.45, 7) is 0. The highest BCUT2D eigenvalue weighted by atomic mass is 16.4. The minimum absolute atomic E-state index is 0.264. The van der Waals surface area contributed by atoms with Gasteiger partial charge in [0.1, 0.15) is 5.84 Å². The lowest BCUT2D eigenvalue weighted by molar-refractivity contribution is -0.132. The third kappa shape index (κ3) is 1.63. The van der Waals surface area contributed by atoms with Crippen molar-refractivity contribution in [3.63, 3.8) is 0 Å². The van der Waals surface area contributed by atoms with Crippen LogP contribution in [0.5, 0.6) is 0 Å². The Balaban J connectivity index is 2.01. The molecular weight excluding hydrogens is 216 g/mol. The number of nitrogens with zero attached hydrogens (tertiary/aromatic N) is 2. The van der Waals surface area contributed by atoms with E-state index >= 15 is 0 Å².